The number of benzene rings is 1. The molecule has 3 aromatic heterocycles. The Kier molecular flexibility index (Phi) is 8.19. The van der Waals surface area contributed by atoms with Crippen molar-refractivity contribution < 1.29 is 18.9 Å². The number of morpholine rings is 1. The molecule has 1 atom stereocenters. The first kappa shape index (κ1) is 28.0. The number of methoxy groups -OCH3 is 2. The van der Waals surface area contributed by atoms with Gasteiger partial charge in [0, 0.05) is 61.2 Å². The standard InChI is InChI=1S/C29H31Cl2N5O5/c1-38-24-13-25(39-2)28(31)26(27(24)30)21-11-18-14-32-22(12-23(18)36(29(21)37)20-3-8-41-17-20)19-15-33-35(16-19)5-4-34-6-9-40-10-7-34/h11-16,20H,3-10,17H2,1-2H3. The van der Waals surface area contributed by atoms with Crippen molar-refractivity contribution in [2.75, 3.05) is 60.3 Å². The van der Waals surface area contributed by atoms with Crippen LogP contribution < -0.4 is 15.0 Å². The molecule has 4 aromatic rings. The highest BCUT2D eigenvalue weighted by Crippen LogP contribution is 2.45. The molecule has 12 heteroatoms. The van der Waals surface area contributed by atoms with E-state index in [0.717, 1.165) is 61.6 Å². The molecular formula is C29H31Cl2N5O5. The summed E-state index contributed by atoms with van der Waals surface area (Å²) in [6, 6.07) is 5.17. The van der Waals surface area contributed by atoms with Gasteiger partial charge in [0.25, 0.3) is 5.56 Å². The van der Waals surface area contributed by atoms with Crippen molar-refractivity contribution in [1.29, 1.82) is 0 Å². The minimum Gasteiger partial charge on any atom is -0.495 e. The van der Waals surface area contributed by atoms with E-state index in [-0.39, 0.29) is 21.6 Å². The van der Waals surface area contributed by atoms with Gasteiger partial charge in [-0.25, -0.2) is 0 Å². The lowest BCUT2D eigenvalue weighted by atomic mass is 10.0. The molecule has 2 aliphatic heterocycles. The first-order chi connectivity index (χ1) is 20.0. The lowest BCUT2D eigenvalue weighted by Gasteiger charge is -2.26. The quantitative estimate of drug-likeness (QED) is 0.291. The highest BCUT2D eigenvalue weighted by atomic mass is 35.5. The highest BCUT2D eigenvalue weighted by molar-refractivity contribution is 6.41. The first-order valence-corrected chi connectivity index (χ1v) is 14.3. The lowest BCUT2D eigenvalue weighted by molar-refractivity contribution is 0.0360. The molecule has 6 rings (SSSR count). The van der Waals surface area contributed by atoms with E-state index < -0.39 is 0 Å². The van der Waals surface area contributed by atoms with E-state index in [9.17, 15) is 4.79 Å². The van der Waals surface area contributed by atoms with Crippen LogP contribution in [0.4, 0.5) is 0 Å². The molecule has 0 radical (unpaired) electrons. The summed E-state index contributed by atoms with van der Waals surface area (Å²) in [6.07, 6.45) is 6.28. The van der Waals surface area contributed by atoms with Gasteiger partial charge in [-0.2, -0.15) is 5.10 Å². The fraction of sp³-hybridized carbons (Fsp3) is 0.414. The summed E-state index contributed by atoms with van der Waals surface area (Å²) >= 11 is 13.4. The third-order valence-corrected chi connectivity index (χ3v) is 8.46. The average Bonchev–Trinajstić information content (AvgIpc) is 3.70. The van der Waals surface area contributed by atoms with Crippen LogP contribution in [0.3, 0.4) is 0 Å². The number of hydrogen-bond donors (Lipinski definition) is 0. The Labute approximate surface area is 247 Å². The van der Waals surface area contributed by atoms with Crippen molar-refractivity contribution in [3.63, 3.8) is 0 Å². The van der Waals surface area contributed by atoms with Gasteiger partial charge in [-0.3, -0.25) is 19.4 Å². The third kappa shape index (κ3) is 5.42. The predicted octanol–water partition coefficient (Wildman–Crippen LogP) is 4.54. The maximum Gasteiger partial charge on any atom is 0.259 e. The summed E-state index contributed by atoms with van der Waals surface area (Å²) in [5, 5.41) is 5.79. The summed E-state index contributed by atoms with van der Waals surface area (Å²) in [6.45, 7) is 6.08. The molecule has 1 aromatic carbocycles. The summed E-state index contributed by atoms with van der Waals surface area (Å²) in [4.78, 5) is 21.3. The topological polar surface area (TPSA) is 92.9 Å². The molecule has 0 saturated carbocycles. The second-order valence-corrected chi connectivity index (χ2v) is 10.9. The molecule has 2 aliphatic rings. The van der Waals surface area contributed by atoms with E-state index >= 15 is 0 Å². The molecule has 0 amide bonds. The summed E-state index contributed by atoms with van der Waals surface area (Å²) in [7, 11) is 3.01. The largest absolute Gasteiger partial charge is 0.495 e. The second kappa shape index (κ2) is 12.0. The molecule has 41 heavy (non-hydrogen) atoms. The summed E-state index contributed by atoms with van der Waals surface area (Å²) < 4.78 is 25.7. The van der Waals surface area contributed by atoms with Crippen LogP contribution in [0.2, 0.25) is 10.0 Å². The van der Waals surface area contributed by atoms with Crippen LogP contribution in [-0.2, 0) is 16.0 Å². The smallest absolute Gasteiger partial charge is 0.259 e. The van der Waals surface area contributed by atoms with Gasteiger partial charge in [0.2, 0.25) is 0 Å². The number of halogens is 2. The number of fused-ring (bicyclic) bond motifs is 1. The number of nitrogens with zero attached hydrogens (tertiary/aromatic N) is 5. The van der Waals surface area contributed by atoms with Crippen LogP contribution in [-0.4, -0.2) is 84.5 Å². The van der Waals surface area contributed by atoms with Gasteiger partial charge in [0.1, 0.15) is 11.5 Å². The number of hydrogen-bond acceptors (Lipinski definition) is 8. The molecule has 0 aliphatic carbocycles. The van der Waals surface area contributed by atoms with Crippen molar-refractivity contribution in [2.24, 2.45) is 0 Å². The van der Waals surface area contributed by atoms with Crippen molar-refractivity contribution in [3.8, 4) is 33.9 Å². The van der Waals surface area contributed by atoms with Gasteiger partial charge in [-0.1, -0.05) is 23.2 Å². The molecule has 0 bridgehead atoms. The Morgan fingerprint density at radius 1 is 0.976 bits per heavy atom. The normalized spacial score (nSPS) is 17.8. The van der Waals surface area contributed by atoms with Crippen molar-refractivity contribution in [3.05, 3.63) is 57.2 Å². The Bertz CT molecular complexity index is 1600. The van der Waals surface area contributed by atoms with E-state index in [0.29, 0.717) is 42.3 Å². The van der Waals surface area contributed by atoms with E-state index in [1.54, 1.807) is 22.9 Å². The SMILES string of the molecule is COc1cc(OC)c(Cl)c(-c2cc3cnc(-c4cnn(CCN5CCOCC5)c4)cc3n(C3CCOC3)c2=O)c1Cl. The first-order valence-electron chi connectivity index (χ1n) is 13.5. The average molecular weight is 601 g/mol. The zero-order valence-electron chi connectivity index (χ0n) is 22.9. The lowest BCUT2D eigenvalue weighted by Crippen LogP contribution is -2.38. The van der Waals surface area contributed by atoms with Crippen LogP contribution in [0.1, 0.15) is 12.5 Å². The van der Waals surface area contributed by atoms with Crippen LogP contribution in [0.15, 0.2) is 41.6 Å². The van der Waals surface area contributed by atoms with Crippen molar-refractivity contribution in [1.82, 2.24) is 24.2 Å². The molecule has 216 valence electrons. The zero-order valence-corrected chi connectivity index (χ0v) is 24.5. The van der Waals surface area contributed by atoms with Gasteiger partial charge >= 0.3 is 0 Å². The second-order valence-electron chi connectivity index (χ2n) is 10.1. The van der Waals surface area contributed by atoms with Crippen LogP contribution in [0.25, 0.3) is 33.3 Å². The summed E-state index contributed by atoms with van der Waals surface area (Å²) in [5.74, 6) is 0.717. The summed E-state index contributed by atoms with van der Waals surface area (Å²) in [5.41, 5.74) is 2.82. The molecule has 5 heterocycles. The van der Waals surface area contributed by atoms with Crippen molar-refractivity contribution >= 4 is 34.1 Å². The maximum atomic E-state index is 14.2. The Morgan fingerprint density at radius 3 is 2.41 bits per heavy atom. The molecule has 2 fully saturated rings. The van der Waals surface area contributed by atoms with E-state index in [1.165, 1.54) is 14.2 Å². The van der Waals surface area contributed by atoms with Gasteiger partial charge < -0.3 is 23.5 Å². The van der Waals surface area contributed by atoms with E-state index in [1.807, 2.05) is 23.1 Å². The van der Waals surface area contributed by atoms with Gasteiger partial charge in [0.05, 0.1) is 79.6 Å². The van der Waals surface area contributed by atoms with Crippen LogP contribution >= 0.6 is 23.2 Å². The maximum absolute atomic E-state index is 14.2. The molecule has 1 unspecified atom stereocenters. The number of aromatic nitrogens is 4. The number of ether oxygens (including phenoxy) is 4. The minimum atomic E-state index is -0.231. The molecule has 10 nitrogen and oxygen atoms in total. The monoisotopic (exact) mass is 599 g/mol. The zero-order chi connectivity index (χ0) is 28.5. The fourth-order valence-electron chi connectivity index (χ4n) is 5.47. The minimum absolute atomic E-state index is 0.151. The Hall–Kier alpha value is -3.15. The number of pyridine rings is 2. The van der Waals surface area contributed by atoms with Crippen LogP contribution in [0, 0.1) is 0 Å². The van der Waals surface area contributed by atoms with Gasteiger partial charge in [0.15, 0.2) is 0 Å². The van der Waals surface area contributed by atoms with E-state index in [4.69, 9.17) is 47.1 Å². The molecular weight excluding hydrogens is 569 g/mol. The van der Waals surface area contributed by atoms with E-state index in [2.05, 4.69) is 10.00 Å². The number of rotatable bonds is 8. The predicted molar refractivity (Wildman–Crippen MR) is 158 cm³/mol. The van der Waals surface area contributed by atoms with Crippen LogP contribution in [0.5, 0.6) is 11.5 Å². The molecule has 2 saturated heterocycles. The third-order valence-electron chi connectivity index (χ3n) is 7.71. The Morgan fingerprint density at radius 2 is 1.73 bits per heavy atom. The fourth-order valence-corrected chi connectivity index (χ4v) is 6.17. The highest BCUT2D eigenvalue weighted by Gasteiger charge is 2.27. The van der Waals surface area contributed by atoms with Gasteiger partial charge in [-0.05, 0) is 18.6 Å². The molecule has 0 N–H and O–H groups in total. The molecule has 0 spiro atoms. The van der Waals surface area contributed by atoms with Crippen molar-refractivity contribution in [2.45, 2.75) is 19.0 Å². The van der Waals surface area contributed by atoms with Gasteiger partial charge in [-0.15, -0.1) is 0 Å². The Balaban J connectivity index is 1.43.